The number of unbranched alkanes of at least 4 members (excludes halogenated alkanes) is 11. The Balaban J connectivity index is 4.47. The zero-order valence-corrected chi connectivity index (χ0v) is 35.0. The Kier molecular flexibility index (Phi) is 34.7. The molecule has 0 heterocycles. The van der Waals surface area contributed by atoms with Crippen LogP contribution in [0.2, 0.25) is 0 Å². The number of carboxylic acids is 1. The molecule has 55 heavy (non-hydrogen) atoms. The van der Waals surface area contributed by atoms with Gasteiger partial charge in [0.15, 0.2) is 6.10 Å². The van der Waals surface area contributed by atoms with Crippen molar-refractivity contribution in [2.45, 2.75) is 142 Å². The number of likely N-dealkylation sites (N-methyl/N-ethyl adjacent to an activating group) is 1. The van der Waals surface area contributed by atoms with E-state index in [9.17, 15) is 19.5 Å². The number of carbonyl (C=O) groups is 3. The summed E-state index contributed by atoms with van der Waals surface area (Å²) < 4.78 is 17.1. The van der Waals surface area contributed by atoms with Crippen LogP contribution in [0.25, 0.3) is 0 Å². The van der Waals surface area contributed by atoms with Crippen LogP contribution in [0.4, 0.5) is 0 Å². The predicted molar refractivity (Wildman–Crippen MR) is 226 cm³/mol. The summed E-state index contributed by atoms with van der Waals surface area (Å²) >= 11 is 0. The van der Waals surface area contributed by atoms with Gasteiger partial charge in [0.25, 0.3) is 0 Å². The summed E-state index contributed by atoms with van der Waals surface area (Å²) in [4.78, 5) is 36.8. The number of hydrogen-bond acceptors (Lipinski definition) is 7. The van der Waals surface area contributed by atoms with E-state index < -0.39 is 18.1 Å². The van der Waals surface area contributed by atoms with Crippen molar-refractivity contribution < 1.29 is 38.2 Å². The van der Waals surface area contributed by atoms with Crippen molar-refractivity contribution in [1.82, 2.24) is 0 Å². The molecule has 8 nitrogen and oxygen atoms in total. The first-order valence-corrected chi connectivity index (χ1v) is 20.9. The van der Waals surface area contributed by atoms with Gasteiger partial charge in [-0.15, -0.1) is 0 Å². The third-order valence-corrected chi connectivity index (χ3v) is 8.62. The Bertz CT molecular complexity index is 1220. The molecule has 0 rings (SSSR count). The molecule has 0 N–H and O–H groups in total. The van der Waals surface area contributed by atoms with Gasteiger partial charge in [-0.25, -0.2) is 0 Å². The minimum atomic E-state index is -1.14. The van der Waals surface area contributed by atoms with E-state index >= 15 is 0 Å². The van der Waals surface area contributed by atoms with Crippen LogP contribution < -0.4 is 5.11 Å². The van der Waals surface area contributed by atoms with Gasteiger partial charge in [-0.2, -0.15) is 0 Å². The van der Waals surface area contributed by atoms with E-state index in [-0.39, 0.29) is 49.1 Å². The number of hydrogen-bond donors (Lipinski definition) is 0. The summed E-state index contributed by atoms with van der Waals surface area (Å²) in [5.41, 5.74) is 0. The predicted octanol–water partition coefficient (Wildman–Crippen LogP) is 9.79. The van der Waals surface area contributed by atoms with Crippen molar-refractivity contribution >= 4 is 17.9 Å². The SMILES string of the molecule is CC/C=C/C=C/C=C/CCCCCCCC(=O)OC(COCCC(C(=O)[O-])[N+](C)(C)C)COC(=O)CCCCCCC/C=C/C=C/C=C/C=C/C=C/CCC. The van der Waals surface area contributed by atoms with Gasteiger partial charge in [0, 0.05) is 19.3 Å². The van der Waals surface area contributed by atoms with Crippen LogP contribution in [0.1, 0.15) is 129 Å². The second kappa shape index (κ2) is 37.2. The summed E-state index contributed by atoms with van der Waals surface area (Å²) in [5.74, 6) is -1.81. The lowest BCUT2D eigenvalue weighted by atomic mass is 10.1. The van der Waals surface area contributed by atoms with Crippen molar-refractivity contribution in [3.05, 3.63) is 97.2 Å². The molecular weight excluding hydrogens is 691 g/mol. The number of esters is 2. The highest BCUT2D eigenvalue weighted by atomic mass is 16.6. The summed E-state index contributed by atoms with van der Waals surface area (Å²) in [5, 5.41) is 11.6. The maximum absolute atomic E-state index is 12.7. The van der Waals surface area contributed by atoms with Crippen molar-refractivity contribution in [2.24, 2.45) is 0 Å². The van der Waals surface area contributed by atoms with E-state index in [1.54, 1.807) is 21.1 Å². The zero-order chi connectivity index (χ0) is 40.7. The van der Waals surface area contributed by atoms with E-state index in [1.807, 2.05) is 48.6 Å². The summed E-state index contributed by atoms with van der Waals surface area (Å²) in [6, 6.07) is -0.739. The van der Waals surface area contributed by atoms with Gasteiger partial charge >= 0.3 is 11.9 Å². The lowest BCUT2D eigenvalue weighted by molar-refractivity contribution is -0.889. The Hall–Kier alpha value is -3.75. The first-order valence-electron chi connectivity index (χ1n) is 20.9. The van der Waals surface area contributed by atoms with Crippen molar-refractivity contribution in [3.63, 3.8) is 0 Å². The van der Waals surface area contributed by atoms with E-state index in [1.165, 1.54) is 6.42 Å². The average molecular weight is 766 g/mol. The highest BCUT2D eigenvalue weighted by Crippen LogP contribution is 2.12. The van der Waals surface area contributed by atoms with Gasteiger partial charge in [-0.05, 0) is 51.4 Å². The largest absolute Gasteiger partial charge is 0.544 e. The topological polar surface area (TPSA) is 102 Å². The van der Waals surface area contributed by atoms with Gasteiger partial charge in [-0.3, -0.25) is 9.59 Å². The maximum Gasteiger partial charge on any atom is 0.306 e. The monoisotopic (exact) mass is 766 g/mol. The molecule has 0 aromatic heterocycles. The number of ether oxygens (including phenoxy) is 3. The van der Waals surface area contributed by atoms with Crippen LogP contribution >= 0.6 is 0 Å². The lowest BCUT2D eigenvalue weighted by Gasteiger charge is -2.34. The molecule has 0 saturated carbocycles. The molecule has 0 spiro atoms. The molecule has 0 aliphatic heterocycles. The van der Waals surface area contributed by atoms with Crippen LogP contribution in [-0.2, 0) is 28.6 Å². The molecule has 8 heteroatoms. The molecule has 0 aromatic carbocycles. The van der Waals surface area contributed by atoms with E-state index in [0.717, 1.165) is 89.9 Å². The summed E-state index contributed by atoms with van der Waals surface area (Å²) in [6.07, 6.45) is 48.5. The summed E-state index contributed by atoms with van der Waals surface area (Å²) in [6.45, 7) is 4.36. The van der Waals surface area contributed by atoms with Gasteiger partial charge in [0.1, 0.15) is 12.6 Å². The maximum atomic E-state index is 12.7. The molecule has 0 aliphatic carbocycles. The summed E-state index contributed by atoms with van der Waals surface area (Å²) in [7, 11) is 5.37. The first kappa shape index (κ1) is 51.2. The molecule has 0 saturated heterocycles. The number of rotatable bonds is 35. The van der Waals surface area contributed by atoms with Gasteiger partial charge in [-0.1, -0.05) is 156 Å². The fraction of sp³-hybridized carbons (Fsp3) is 0.596. The number of allylic oxidation sites excluding steroid dienone is 16. The van der Waals surface area contributed by atoms with Crippen LogP contribution in [0.15, 0.2) is 97.2 Å². The number of quaternary nitrogens is 1. The molecule has 310 valence electrons. The van der Waals surface area contributed by atoms with Crippen molar-refractivity contribution in [3.8, 4) is 0 Å². The quantitative estimate of drug-likeness (QED) is 0.0274. The Morgan fingerprint density at radius 3 is 1.51 bits per heavy atom. The second-order valence-electron chi connectivity index (χ2n) is 14.7. The van der Waals surface area contributed by atoms with Gasteiger partial charge in [0.2, 0.25) is 0 Å². The van der Waals surface area contributed by atoms with Gasteiger partial charge < -0.3 is 28.6 Å². The molecule has 0 aliphatic rings. The fourth-order valence-corrected chi connectivity index (χ4v) is 5.39. The number of aliphatic carboxylic acids is 1. The third kappa shape index (κ3) is 35.7. The standard InChI is InChI=1S/C47H75NO7/c1-6-8-10-12-14-16-18-20-21-22-23-24-26-27-29-31-33-35-37-45(49)54-42-43(41-53-40-39-44(47(51)52)48(3,4)5)55-46(50)38-36-34-32-30-28-25-19-17-15-13-11-9-7-2/h9-24,43-44H,6-8,25-42H2,1-5H3/b11-9+,12-10+,15-13+,16-14+,19-17+,20-18+,22-21+,24-23+. The van der Waals surface area contributed by atoms with Crippen LogP contribution in [0.5, 0.6) is 0 Å². The molecule has 0 amide bonds. The molecule has 2 unspecified atom stereocenters. The van der Waals surface area contributed by atoms with Crippen LogP contribution in [0, 0.1) is 0 Å². The minimum Gasteiger partial charge on any atom is -0.544 e. The number of carbonyl (C=O) groups excluding carboxylic acids is 3. The Morgan fingerprint density at radius 2 is 1.02 bits per heavy atom. The van der Waals surface area contributed by atoms with E-state index in [4.69, 9.17) is 14.2 Å². The second-order valence-corrected chi connectivity index (χ2v) is 14.7. The van der Waals surface area contributed by atoms with Crippen LogP contribution in [-0.4, -0.2) is 75.5 Å². The normalized spacial score (nSPS) is 14.0. The zero-order valence-electron chi connectivity index (χ0n) is 35.0. The lowest BCUT2D eigenvalue weighted by Crippen LogP contribution is -2.55. The molecule has 2 atom stereocenters. The highest BCUT2D eigenvalue weighted by Gasteiger charge is 2.25. The van der Waals surface area contributed by atoms with E-state index in [0.29, 0.717) is 6.42 Å². The average Bonchev–Trinajstić information content (AvgIpc) is 3.14. The van der Waals surface area contributed by atoms with Crippen molar-refractivity contribution in [1.29, 1.82) is 0 Å². The third-order valence-electron chi connectivity index (χ3n) is 8.62. The first-order chi connectivity index (χ1) is 26.6. The molecule has 0 bridgehead atoms. The molecule has 0 radical (unpaired) electrons. The number of nitrogens with zero attached hydrogens (tertiary/aromatic N) is 1. The molecular formula is C47H75NO7. The van der Waals surface area contributed by atoms with E-state index in [2.05, 4.69) is 62.5 Å². The highest BCUT2D eigenvalue weighted by molar-refractivity contribution is 5.70. The van der Waals surface area contributed by atoms with Crippen molar-refractivity contribution in [2.75, 3.05) is 41.0 Å². The Labute approximate surface area is 335 Å². The Morgan fingerprint density at radius 1 is 0.564 bits per heavy atom. The smallest absolute Gasteiger partial charge is 0.306 e. The molecule has 0 aromatic rings. The number of carboxylic acid groups (broad SMARTS) is 1. The molecule has 0 fully saturated rings. The fourth-order valence-electron chi connectivity index (χ4n) is 5.39. The van der Waals surface area contributed by atoms with Crippen LogP contribution in [0.3, 0.4) is 0 Å². The van der Waals surface area contributed by atoms with Gasteiger partial charge in [0.05, 0.1) is 40.3 Å². The minimum absolute atomic E-state index is 0.0167.